The predicted molar refractivity (Wildman–Crippen MR) is 50.3 cm³/mol. The topological polar surface area (TPSA) is 26.3 Å². The number of rotatable bonds is 6. The molecular weight excluding hydrogens is 209 g/mol. The third-order valence-corrected chi connectivity index (χ3v) is 1.71. The lowest BCUT2D eigenvalue weighted by molar-refractivity contribution is -0.165. The van der Waals surface area contributed by atoms with Gasteiger partial charge in [0.15, 0.2) is 0 Å². The number of ketones is 1. The number of hydrogen-bond donors (Lipinski definition) is 0. The highest BCUT2D eigenvalue weighted by Crippen LogP contribution is 2.18. The average Bonchev–Trinajstić information content (AvgIpc) is 2.14. The maximum atomic E-state index is 11.9. The Morgan fingerprint density at radius 1 is 1.33 bits per heavy atom. The zero-order valence-electron chi connectivity index (χ0n) is 8.86. The number of ether oxygens (including phenoxy) is 1. The van der Waals surface area contributed by atoms with E-state index >= 15 is 0 Å². The van der Waals surface area contributed by atoms with Gasteiger partial charge in [-0.25, -0.2) is 0 Å². The normalized spacial score (nSPS) is 12.7. The maximum Gasteiger partial charge on any atom is 0.454 e. The van der Waals surface area contributed by atoms with E-state index in [2.05, 4.69) is 0 Å². The Morgan fingerprint density at radius 3 is 2.33 bits per heavy atom. The molecule has 0 aromatic heterocycles. The highest BCUT2D eigenvalue weighted by Gasteiger charge is 2.36. The van der Waals surface area contributed by atoms with Gasteiger partial charge in [0.05, 0.1) is 12.4 Å². The fourth-order valence-electron chi connectivity index (χ4n) is 0.821. The Balaban J connectivity index is 4.27. The molecule has 15 heavy (non-hydrogen) atoms. The summed E-state index contributed by atoms with van der Waals surface area (Å²) in [5, 5.41) is 0. The molecule has 0 N–H and O–H groups in total. The van der Waals surface area contributed by atoms with E-state index in [9.17, 15) is 18.0 Å². The van der Waals surface area contributed by atoms with Crippen molar-refractivity contribution >= 4 is 5.78 Å². The van der Waals surface area contributed by atoms with E-state index in [1.165, 1.54) is 0 Å². The molecule has 0 saturated heterocycles. The molecule has 0 aromatic rings. The van der Waals surface area contributed by atoms with Gasteiger partial charge < -0.3 is 4.74 Å². The summed E-state index contributed by atoms with van der Waals surface area (Å²) in [5.41, 5.74) is 0. The summed E-state index contributed by atoms with van der Waals surface area (Å²) in [4.78, 5) is 10.6. The molecule has 0 rings (SSSR count). The van der Waals surface area contributed by atoms with E-state index in [0.29, 0.717) is 12.7 Å². The molecular formula is C10H15F3O2. The largest absolute Gasteiger partial charge is 0.498 e. The van der Waals surface area contributed by atoms with Gasteiger partial charge in [0, 0.05) is 12.5 Å². The third kappa shape index (κ3) is 6.14. The average molecular weight is 224 g/mol. The minimum absolute atomic E-state index is 0.0887. The molecule has 88 valence electrons. The van der Waals surface area contributed by atoms with Gasteiger partial charge >= 0.3 is 6.18 Å². The van der Waals surface area contributed by atoms with Crippen molar-refractivity contribution < 1.29 is 22.7 Å². The van der Waals surface area contributed by atoms with Crippen molar-refractivity contribution in [1.29, 1.82) is 0 Å². The van der Waals surface area contributed by atoms with Crippen LogP contribution in [0.25, 0.3) is 0 Å². The second-order valence-corrected chi connectivity index (χ2v) is 3.03. The van der Waals surface area contributed by atoms with Gasteiger partial charge in [-0.05, 0) is 6.42 Å². The van der Waals surface area contributed by atoms with Crippen molar-refractivity contribution in [3.05, 3.63) is 11.8 Å². The van der Waals surface area contributed by atoms with Crippen LogP contribution in [-0.2, 0) is 9.53 Å². The van der Waals surface area contributed by atoms with E-state index in [4.69, 9.17) is 4.74 Å². The van der Waals surface area contributed by atoms with Crippen LogP contribution < -0.4 is 0 Å². The summed E-state index contributed by atoms with van der Waals surface area (Å²) >= 11 is 0. The molecule has 0 heterocycles. The number of carbonyl (C=O) groups is 1. The van der Waals surface area contributed by atoms with Crippen LogP contribution in [0.1, 0.15) is 33.1 Å². The SMILES string of the molecule is CCCCO/C(=C/C(=O)C(F)(F)F)CC. The molecule has 0 aliphatic heterocycles. The minimum Gasteiger partial charge on any atom is -0.498 e. The lowest BCUT2D eigenvalue weighted by Gasteiger charge is -2.08. The van der Waals surface area contributed by atoms with Crippen LogP contribution in [-0.4, -0.2) is 18.6 Å². The zero-order valence-corrected chi connectivity index (χ0v) is 8.86. The first kappa shape index (κ1) is 14.0. The Morgan fingerprint density at radius 2 is 1.93 bits per heavy atom. The van der Waals surface area contributed by atoms with Crippen molar-refractivity contribution in [3.63, 3.8) is 0 Å². The first-order chi connectivity index (χ1) is 6.91. The quantitative estimate of drug-likeness (QED) is 0.393. The van der Waals surface area contributed by atoms with Crippen LogP contribution in [0.3, 0.4) is 0 Å². The standard InChI is InChI=1S/C10H15F3O2/c1-3-5-6-15-8(4-2)7-9(14)10(11,12)13/h7H,3-6H2,1-2H3/b8-7+. The van der Waals surface area contributed by atoms with E-state index in [-0.39, 0.29) is 12.2 Å². The second kappa shape index (κ2) is 6.48. The second-order valence-electron chi connectivity index (χ2n) is 3.03. The third-order valence-electron chi connectivity index (χ3n) is 1.71. The minimum atomic E-state index is -4.81. The number of alkyl halides is 3. The summed E-state index contributed by atoms with van der Waals surface area (Å²) < 4.78 is 40.7. The van der Waals surface area contributed by atoms with Crippen molar-refractivity contribution in [3.8, 4) is 0 Å². The van der Waals surface area contributed by atoms with Gasteiger partial charge in [-0.1, -0.05) is 20.3 Å². The predicted octanol–water partition coefficient (Wildman–Crippen LogP) is 3.23. The lowest BCUT2D eigenvalue weighted by Crippen LogP contribution is -2.20. The molecule has 0 fully saturated rings. The molecule has 0 amide bonds. The summed E-state index contributed by atoms with van der Waals surface area (Å²) in [5.74, 6) is -1.78. The van der Waals surface area contributed by atoms with Crippen molar-refractivity contribution in [1.82, 2.24) is 0 Å². The summed E-state index contributed by atoms with van der Waals surface area (Å²) in [6, 6.07) is 0. The van der Waals surface area contributed by atoms with Gasteiger partial charge in [0.25, 0.3) is 5.78 Å². The van der Waals surface area contributed by atoms with Gasteiger partial charge in [-0.15, -0.1) is 0 Å². The van der Waals surface area contributed by atoms with Gasteiger partial charge in [-0.2, -0.15) is 13.2 Å². The summed E-state index contributed by atoms with van der Waals surface area (Å²) in [7, 11) is 0. The molecule has 0 aromatic carbocycles. The molecule has 2 nitrogen and oxygen atoms in total. The molecule has 0 spiro atoms. The molecule has 0 aliphatic rings. The molecule has 0 aliphatic carbocycles. The number of carbonyl (C=O) groups excluding carboxylic acids is 1. The Bertz CT molecular complexity index is 231. The number of halogens is 3. The van der Waals surface area contributed by atoms with Crippen LogP contribution in [0.2, 0.25) is 0 Å². The first-order valence-electron chi connectivity index (χ1n) is 4.86. The smallest absolute Gasteiger partial charge is 0.454 e. The fourth-order valence-corrected chi connectivity index (χ4v) is 0.821. The van der Waals surface area contributed by atoms with Crippen LogP contribution in [0.4, 0.5) is 13.2 Å². The van der Waals surface area contributed by atoms with E-state index < -0.39 is 12.0 Å². The maximum absolute atomic E-state index is 11.9. The van der Waals surface area contributed by atoms with Crippen LogP contribution >= 0.6 is 0 Å². The number of allylic oxidation sites excluding steroid dienone is 2. The molecule has 0 unspecified atom stereocenters. The highest BCUT2D eigenvalue weighted by molar-refractivity contribution is 5.94. The van der Waals surface area contributed by atoms with Crippen molar-refractivity contribution in [2.75, 3.05) is 6.61 Å². The zero-order chi connectivity index (χ0) is 11.9. The van der Waals surface area contributed by atoms with Gasteiger partial charge in [0.2, 0.25) is 0 Å². The molecule has 0 bridgehead atoms. The molecule has 0 radical (unpaired) electrons. The number of hydrogen-bond acceptors (Lipinski definition) is 2. The first-order valence-corrected chi connectivity index (χ1v) is 4.86. The monoisotopic (exact) mass is 224 g/mol. The van der Waals surface area contributed by atoms with E-state index in [0.717, 1.165) is 12.8 Å². The summed E-state index contributed by atoms with van der Waals surface area (Å²) in [6.45, 7) is 3.93. The lowest BCUT2D eigenvalue weighted by atomic mass is 10.3. The molecule has 0 saturated carbocycles. The van der Waals surface area contributed by atoms with Crippen molar-refractivity contribution in [2.45, 2.75) is 39.3 Å². The Kier molecular flexibility index (Phi) is 6.05. The van der Waals surface area contributed by atoms with Gasteiger partial charge in [0.1, 0.15) is 0 Å². The summed E-state index contributed by atoms with van der Waals surface area (Å²) in [6.07, 6.45) is -2.35. The molecule has 5 heteroatoms. The fraction of sp³-hybridized carbons (Fsp3) is 0.700. The van der Waals surface area contributed by atoms with E-state index in [1.54, 1.807) is 6.92 Å². The van der Waals surface area contributed by atoms with Gasteiger partial charge in [-0.3, -0.25) is 4.79 Å². The van der Waals surface area contributed by atoms with Crippen LogP contribution in [0, 0.1) is 0 Å². The number of unbranched alkanes of at least 4 members (excludes halogenated alkanes) is 1. The Hall–Kier alpha value is -1.00. The van der Waals surface area contributed by atoms with Crippen molar-refractivity contribution in [2.24, 2.45) is 0 Å². The Labute approximate surface area is 87.1 Å². The van der Waals surface area contributed by atoms with Crippen LogP contribution in [0.15, 0.2) is 11.8 Å². The highest BCUT2D eigenvalue weighted by atomic mass is 19.4. The van der Waals surface area contributed by atoms with Crippen LogP contribution in [0.5, 0.6) is 0 Å². The molecule has 0 atom stereocenters. The van der Waals surface area contributed by atoms with E-state index in [1.807, 2.05) is 6.92 Å².